The number of nitrogens with zero attached hydrogens (tertiary/aromatic N) is 2. The molecule has 0 spiro atoms. The fourth-order valence-corrected chi connectivity index (χ4v) is 2.54. The molecule has 25 heavy (non-hydrogen) atoms. The maximum atomic E-state index is 12.2. The Hall–Kier alpha value is -3.15. The van der Waals surface area contributed by atoms with E-state index in [2.05, 4.69) is 15.5 Å². The van der Waals surface area contributed by atoms with Crippen LogP contribution in [0.25, 0.3) is 10.9 Å². The molecule has 1 aromatic heterocycles. The van der Waals surface area contributed by atoms with Gasteiger partial charge in [-0.2, -0.15) is 0 Å². The summed E-state index contributed by atoms with van der Waals surface area (Å²) in [4.78, 5) is 12.2. The van der Waals surface area contributed by atoms with Crippen molar-refractivity contribution in [1.29, 1.82) is 0 Å². The van der Waals surface area contributed by atoms with Crippen molar-refractivity contribution in [3.63, 3.8) is 0 Å². The minimum Gasteiger partial charge on any atom is -0.493 e. The molecular formula is C19H19N3O3. The van der Waals surface area contributed by atoms with Crippen molar-refractivity contribution < 1.29 is 14.3 Å². The average molecular weight is 337 g/mol. The van der Waals surface area contributed by atoms with Gasteiger partial charge in [0.1, 0.15) is 0 Å². The molecule has 0 fully saturated rings. The van der Waals surface area contributed by atoms with E-state index in [-0.39, 0.29) is 5.91 Å². The van der Waals surface area contributed by atoms with Crippen LogP contribution in [0.4, 0.5) is 0 Å². The molecule has 3 aromatic rings. The SMILES string of the molecule is COc1ccc(CCNC(=O)c2cc3ccccc3nn2)cc1OC. The summed E-state index contributed by atoms with van der Waals surface area (Å²) in [5.41, 5.74) is 2.12. The van der Waals surface area contributed by atoms with Crippen molar-refractivity contribution in [3.05, 3.63) is 59.8 Å². The number of aromatic nitrogens is 2. The molecule has 2 aromatic carbocycles. The smallest absolute Gasteiger partial charge is 0.271 e. The Labute approximate surface area is 145 Å². The summed E-state index contributed by atoms with van der Waals surface area (Å²) < 4.78 is 10.5. The molecule has 1 N–H and O–H groups in total. The molecule has 0 aliphatic heterocycles. The molecular weight excluding hydrogens is 318 g/mol. The number of hydrogen-bond acceptors (Lipinski definition) is 5. The number of methoxy groups -OCH3 is 2. The minimum absolute atomic E-state index is 0.237. The molecule has 1 heterocycles. The minimum atomic E-state index is -0.237. The van der Waals surface area contributed by atoms with Crippen LogP contribution in [-0.4, -0.2) is 36.9 Å². The first-order valence-electron chi connectivity index (χ1n) is 7.93. The predicted octanol–water partition coefficient (Wildman–Crippen LogP) is 2.62. The van der Waals surface area contributed by atoms with Gasteiger partial charge in [-0.1, -0.05) is 24.3 Å². The lowest BCUT2D eigenvalue weighted by Crippen LogP contribution is -2.26. The van der Waals surface area contributed by atoms with Crippen molar-refractivity contribution >= 4 is 16.8 Å². The number of benzene rings is 2. The molecule has 0 radical (unpaired) electrons. The summed E-state index contributed by atoms with van der Waals surface area (Å²) in [5.74, 6) is 1.12. The summed E-state index contributed by atoms with van der Waals surface area (Å²) in [6.07, 6.45) is 0.674. The van der Waals surface area contributed by atoms with E-state index in [1.54, 1.807) is 20.3 Å². The third-order valence-electron chi connectivity index (χ3n) is 3.87. The lowest BCUT2D eigenvalue weighted by Gasteiger charge is -2.10. The molecule has 1 amide bonds. The third kappa shape index (κ3) is 3.85. The molecule has 0 saturated carbocycles. The van der Waals surface area contributed by atoms with Crippen LogP contribution in [-0.2, 0) is 6.42 Å². The summed E-state index contributed by atoms with van der Waals surface area (Å²) in [5, 5.41) is 11.8. The maximum Gasteiger partial charge on any atom is 0.271 e. The number of rotatable bonds is 6. The highest BCUT2D eigenvalue weighted by atomic mass is 16.5. The van der Waals surface area contributed by atoms with Gasteiger partial charge < -0.3 is 14.8 Å². The predicted molar refractivity (Wildman–Crippen MR) is 95.1 cm³/mol. The Morgan fingerprint density at radius 3 is 2.60 bits per heavy atom. The van der Waals surface area contributed by atoms with E-state index < -0.39 is 0 Å². The maximum absolute atomic E-state index is 12.2. The summed E-state index contributed by atoms with van der Waals surface area (Å²) >= 11 is 0. The normalized spacial score (nSPS) is 10.5. The van der Waals surface area contributed by atoms with E-state index in [0.29, 0.717) is 30.2 Å². The van der Waals surface area contributed by atoms with E-state index in [4.69, 9.17) is 9.47 Å². The van der Waals surface area contributed by atoms with Crippen molar-refractivity contribution in [2.45, 2.75) is 6.42 Å². The van der Waals surface area contributed by atoms with Gasteiger partial charge in [-0.3, -0.25) is 4.79 Å². The molecule has 0 bridgehead atoms. The van der Waals surface area contributed by atoms with Gasteiger partial charge in [0.2, 0.25) is 0 Å². The number of nitrogens with one attached hydrogen (secondary N) is 1. The van der Waals surface area contributed by atoms with Crippen LogP contribution in [0.3, 0.4) is 0 Å². The lowest BCUT2D eigenvalue weighted by molar-refractivity contribution is 0.0948. The highest BCUT2D eigenvalue weighted by Crippen LogP contribution is 2.27. The van der Waals surface area contributed by atoms with Crippen LogP contribution in [0.5, 0.6) is 11.5 Å². The fraction of sp³-hybridized carbons (Fsp3) is 0.211. The molecule has 3 rings (SSSR count). The van der Waals surface area contributed by atoms with Crippen LogP contribution >= 0.6 is 0 Å². The van der Waals surface area contributed by atoms with Crippen LogP contribution in [0.15, 0.2) is 48.5 Å². The van der Waals surface area contributed by atoms with Crippen molar-refractivity contribution in [1.82, 2.24) is 15.5 Å². The molecule has 0 aliphatic carbocycles. The molecule has 0 aliphatic rings. The van der Waals surface area contributed by atoms with Crippen molar-refractivity contribution in [2.75, 3.05) is 20.8 Å². The Balaban J connectivity index is 1.62. The van der Waals surface area contributed by atoms with E-state index in [9.17, 15) is 4.79 Å². The van der Waals surface area contributed by atoms with E-state index in [1.165, 1.54) is 0 Å². The zero-order valence-corrected chi connectivity index (χ0v) is 14.2. The van der Waals surface area contributed by atoms with Gasteiger partial charge >= 0.3 is 0 Å². The second kappa shape index (κ2) is 7.61. The van der Waals surface area contributed by atoms with Gasteiger partial charge in [0, 0.05) is 11.9 Å². The Bertz CT molecular complexity index is 896. The summed E-state index contributed by atoms with van der Waals surface area (Å²) in [6.45, 7) is 0.489. The number of ether oxygens (including phenoxy) is 2. The lowest BCUT2D eigenvalue weighted by atomic mass is 10.1. The van der Waals surface area contributed by atoms with Crippen LogP contribution in [0, 0.1) is 0 Å². The quantitative estimate of drug-likeness (QED) is 0.748. The molecule has 0 unspecified atom stereocenters. The molecule has 6 heteroatoms. The van der Waals surface area contributed by atoms with Crippen LogP contribution in [0.1, 0.15) is 16.1 Å². The third-order valence-corrected chi connectivity index (χ3v) is 3.87. The Morgan fingerprint density at radius 1 is 1.00 bits per heavy atom. The van der Waals surface area contributed by atoms with Gasteiger partial charge in [0.15, 0.2) is 17.2 Å². The van der Waals surface area contributed by atoms with Gasteiger partial charge in [-0.25, -0.2) is 0 Å². The molecule has 0 atom stereocenters. The van der Waals surface area contributed by atoms with Crippen LogP contribution < -0.4 is 14.8 Å². The standard InChI is InChI=1S/C19H19N3O3/c1-24-17-8-7-13(11-18(17)25-2)9-10-20-19(23)16-12-14-5-3-4-6-15(14)21-22-16/h3-8,11-12H,9-10H2,1-2H3,(H,20,23). The van der Waals surface area contributed by atoms with Gasteiger partial charge in [-0.15, -0.1) is 10.2 Å². The highest BCUT2D eigenvalue weighted by molar-refractivity contribution is 5.95. The Kier molecular flexibility index (Phi) is 5.09. The second-order valence-corrected chi connectivity index (χ2v) is 5.48. The largest absolute Gasteiger partial charge is 0.493 e. The van der Waals surface area contributed by atoms with Crippen molar-refractivity contribution in [3.8, 4) is 11.5 Å². The van der Waals surface area contributed by atoms with E-state index >= 15 is 0 Å². The average Bonchev–Trinajstić information content (AvgIpc) is 2.67. The number of hydrogen-bond donors (Lipinski definition) is 1. The van der Waals surface area contributed by atoms with E-state index in [0.717, 1.165) is 16.5 Å². The highest BCUT2D eigenvalue weighted by Gasteiger charge is 2.09. The molecule has 6 nitrogen and oxygen atoms in total. The number of amides is 1. The zero-order valence-electron chi connectivity index (χ0n) is 14.2. The number of carbonyl (C=O) groups is 1. The fourth-order valence-electron chi connectivity index (χ4n) is 2.54. The first-order chi connectivity index (χ1) is 12.2. The number of carbonyl (C=O) groups excluding carboxylic acids is 1. The first kappa shape index (κ1) is 16.7. The summed E-state index contributed by atoms with van der Waals surface area (Å²) in [7, 11) is 3.20. The zero-order chi connectivity index (χ0) is 17.6. The number of fused-ring (bicyclic) bond motifs is 1. The summed E-state index contributed by atoms with van der Waals surface area (Å²) in [6, 6.07) is 15.0. The van der Waals surface area contributed by atoms with Gasteiger partial charge in [-0.05, 0) is 36.2 Å². The van der Waals surface area contributed by atoms with Crippen molar-refractivity contribution in [2.24, 2.45) is 0 Å². The monoisotopic (exact) mass is 337 g/mol. The van der Waals surface area contributed by atoms with Gasteiger partial charge in [0.05, 0.1) is 19.7 Å². The first-order valence-corrected chi connectivity index (χ1v) is 7.93. The Morgan fingerprint density at radius 2 is 1.80 bits per heavy atom. The van der Waals surface area contributed by atoms with E-state index in [1.807, 2.05) is 42.5 Å². The molecule has 0 saturated heterocycles. The van der Waals surface area contributed by atoms with Crippen LogP contribution in [0.2, 0.25) is 0 Å². The second-order valence-electron chi connectivity index (χ2n) is 5.48. The molecule has 128 valence electrons. The topological polar surface area (TPSA) is 73.3 Å². The van der Waals surface area contributed by atoms with Gasteiger partial charge in [0.25, 0.3) is 5.91 Å².